The highest BCUT2D eigenvalue weighted by molar-refractivity contribution is 5.28. The van der Waals surface area contributed by atoms with Crippen LogP contribution in [0.15, 0.2) is 0 Å². The summed E-state index contributed by atoms with van der Waals surface area (Å²) in [4.78, 5) is 0. The Morgan fingerprint density at radius 2 is 1.11 bits per heavy atom. The zero-order valence-corrected chi connectivity index (χ0v) is 9.19. The minimum Gasteiger partial charge on any atom is -0.170 e. The summed E-state index contributed by atoms with van der Waals surface area (Å²) in [6.07, 6.45) is -18.8. The predicted octanol–water partition coefficient (Wildman–Crippen LogP) is 4.71. The van der Waals surface area contributed by atoms with Crippen molar-refractivity contribution in [1.82, 2.24) is 0 Å². The molecular formula is C9H9F9. The number of hydrogen-bond donors (Lipinski definition) is 0. The zero-order valence-electron chi connectivity index (χ0n) is 9.19. The molecule has 0 amide bonds. The Kier molecular flexibility index (Phi) is 2.98. The van der Waals surface area contributed by atoms with E-state index in [4.69, 9.17) is 0 Å². The van der Waals surface area contributed by atoms with Gasteiger partial charge in [-0.05, 0) is 12.3 Å². The topological polar surface area (TPSA) is 0 Å². The van der Waals surface area contributed by atoms with Gasteiger partial charge in [-0.25, -0.2) is 0 Å². The van der Waals surface area contributed by atoms with Crippen molar-refractivity contribution in [1.29, 1.82) is 0 Å². The third kappa shape index (κ3) is 1.36. The van der Waals surface area contributed by atoms with Gasteiger partial charge in [-0.3, -0.25) is 0 Å². The van der Waals surface area contributed by atoms with Crippen molar-refractivity contribution in [2.75, 3.05) is 0 Å². The molecule has 0 radical (unpaired) electrons. The van der Waals surface area contributed by atoms with E-state index in [1.807, 2.05) is 0 Å². The molecule has 0 bridgehead atoms. The summed E-state index contributed by atoms with van der Waals surface area (Å²) in [7, 11) is 0. The second-order valence-electron chi connectivity index (χ2n) is 4.35. The Morgan fingerprint density at radius 1 is 0.778 bits per heavy atom. The summed E-state index contributed by atoms with van der Waals surface area (Å²) in [5, 5.41) is 0. The molecule has 2 unspecified atom stereocenters. The molecule has 0 heterocycles. The van der Waals surface area contributed by atoms with Crippen LogP contribution in [0.3, 0.4) is 0 Å². The molecule has 0 aromatic carbocycles. The first kappa shape index (κ1) is 15.4. The molecule has 2 atom stereocenters. The lowest BCUT2D eigenvalue weighted by molar-refractivity contribution is -0.338. The zero-order chi connectivity index (χ0) is 14.8. The van der Waals surface area contributed by atoms with Crippen molar-refractivity contribution in [3.8, 4) is 0 Å². The van der Waals surface area contributed by atoms with Gasteiger partial charge in [0.1, 0.15) is 0 Å². The molecule has 1 saturated carbocycles. The molecule has 0 aromatic rings. The van der Waals surface area contributed by atoms with Crippen molar-refractivity contribution in [3.05, 3.63) is 0 Å². The molecule has 0 saturated heterocycles. The Hall–Kier alpha value is -0.630. The molecule has 0 aliphatic heterocycles. The molecule has 1 aliphatic rings. The largest absolute Gasteiger partial charge is 0.404 e. The van der Waals surface area contributed by atoms with Crippen molar-refractivity contribution in [3.63, 3.8) is 0 Å². The maximum atomic E-state index is 12.7. The van der Waals surface area contributed by atoms with Crippen LogP contribution in [0.5, 0.6) is 0 Å². The van der Waals surface area contributed by atoms with E-state index in [2.05, 4.69) is 0 Å². The van der Waals surface area contributed by atoms with Gasteiger partial charge in [-0.15, -0.1) is 0 Å². The van der Waals surface area contributed by atoms with Gasteiger partial charge in [-0.2, -0.15) is 39.5 Å². The van der Waals surface area contributed by atoms with E-state index in [1.54, 1.807) is 0 Å². The highest BCUT2D eigenvalue weighted by Crippen LogP contribution is 2.86. The van der Waals surface area contributed by atoms with Crippen LogP contribution >= 0.6 is 0 Å². The quantitative estimate of drug-likeness (QED) is 0.613. The summed E-state index contributed by atoms with van der Waals surface area (Å²) in [6.45, 7) is 1.03. The van der Waals surface area contributed by atoms with E-state index in [1.165, 1.54) is 0 Å². The second-order valence-corrected chi connectivity index (χ2v) is 4.35. The van der Waals surface area contributed by atoms with Gasteiger partial charge >= 0.3 is 18.5 Å². The SMILES string of the molecule is CCC1(C(F)(F)F)C(C)C1(C(F)(F)F)C(F)(F)F. The first-order valence-electron chi connectivity index (χ1n) is 4.92. The number of halogens is 9. The summed E-state index contributed by atoms with van der Waals surface area (Å²) in [5.74, 6) is -2.57. The first-order valence-corrected chi connectivity index (χ1v) is 4.92. The van der Waals surface area contributed by atoms with Crippen molar-refractivity contribution >= 4 is 0 Å². The molecule has 0 aromatic heterocycles. The summed E-state index contributed by atoms with van der Waals surface area (Å²) < 4.78 is 114. The van der Waals surface area contributed by atoms with E-state index in [0.717, 1.165) is 0 Å². The average molecular weight is 288 g/mol. The normalized spacial score (nSPS) is 32.5. The van der Waals surface area contributed by atoms with Crippen LogP contribution in [0.25, 0.3) is 0 Å². The standard InChI is InChI=1S/C9H9F9/c1-3-5(7(10,11)12)4(2)6(5,8(13,14)15)9(16,17)18/h4H,3H2,1-2H3. The van der Waals surface area contributed by atoms with E-state index in [9.17, 15) is 39.5 Å². The number of hydrogen-bond acceptors (Lipinski definition) is 0. The highest BCUT2D eigenvalue weighted by Gasteiger charge is 3.00. The lowest BCUT2D eigenvalue weighted by atomic mass is 9.88. The van der Waals surface area contributed by atoms with E-state index in [-0.39, 0.29) is 0 Å². The van der Waals surface area contributed by atoms with Gasteiger partial charge < -0.3 is 0 Å². The summed E-state index contributed by atoms with van der Waals surface area (Å²) >= 11 is 0. The fraction of sp³-hybridized carbons (Fsp3) is 1.00. The molecule has 1 aliphatic carbocycles. The van der Waals surface area contributed by atoms with Crippen molar-refractivity contribution in [2.45, 2.75) is 38.8 Å². The first-order chi connectivity index (χ1) is 7.72. The van der Waals surface area contributed by atoms with Crippen LogP contribution in [0, 0.1) is 16.7 Å². The summed E-state index contributed by atoms with van der Waals surface area (Å²) in [6, 6.07) is 0. The number of alkyl halides is 9. The van der Waals surface area contributed by atoms with Crippen molar-refractivity contribution in [2.24, 2.45) is 16.7 Å². The van der Waals surface area contributed by atoms with E-state index >= 15 is 0 Å². The molecule has 0 N–H and O–H groups in total. The fourth-order valence-corrected chi connectivity index (χ4v) is 3.15. The third-order valence-corrected chi connectivity index (χ3v) is 3.97. The Bertz CT molecular complexity index is 319. The average Bonchev–Trinajstić information content (AvgIpc) is 2.64. The predicted molar refractivity (Wildman–Crippen MR) is 42.5 cm³/mol. The van der Waals surface area contributed by atoms with Crippen LogP contribution in [0.1, 0.15) is 20.3 Å². The minimum atomic E-state index is -5.99. The molecule has 9 heteroatoms. The summed E-state index contributed by atoms with van der Waals surface area (Å²) in [5.41, 5.74) is -8.48. The van der Waals surface area contributed by atoms with Crippen LogP contribution in [-0.2, 0) is 0 Å². The molecule has 1 rings (SSSR count). The molecular weight excluding hydrogens is 279 g/mol. The highest BCUT2D eigenvalue weighted by atomic mass is 19.4. The maximum Gasteiger partial charge on any atom is 0.404 e. The van der Waals surface area contributed by atoms with Gasteiger partial charge in [0.15, 0.2) is 5.41 Å². The van der Waals surface area contributed by atoms with E-state index < -0.39 is 41.7 Å². The van der Waals surface area contributed by atoms with Gasteiger partial charge in [0.05, 0.1) is 5.41 Å². The fourth-order valence-electron chi connectivity index (χ4n) is 3.15. The minimum absolute atomic E-state index is 0.345. The Labute approximate surface area is 96.1 Å². The second kappa shape index (κ2) is 3.47. The van der Waals surface area contributed by atoms with Crippen LogP contribution in [0.4, 0.5) is 39.5 Å². The number of rotatable bonds is 1. The maximum absolute atomic E-state index is 12.7. The Balaban J connectivity index is 3.53. The molecule has 0 spiro atoms. The molecule has 18 heavy (non-hydrogen) atoms. The van der Waals surface area contributed by atoms with Crippen molar-refractivity contribution < 1.29 is 39.5 Å². The van der Waals surface area contributed by atoms with Crippen LogP contribution < -0.4 is 0 Å². The molecule has 1 fully saturated rings. The van der Waals surface area contributed by atoms with Crippen LogP contribution in [0.2, 0.25) is 0 Å². The van der Waals surface area contributed by atoms with E-state index in [0.29, 0.717) is 13.8 Å². The van der Waals surface area contributed by atoms with Gasteiger partial charge in [0, 0.05) is 0 Å². The van der Waals surface area contributed by atoms with Gasteiger partial charge in [-0.1, -0.05) is 13.8 Å². The van der Waals surface area contributed by atoms with Gasteiger partial charge in [0.2, 0.25) is 0 Å². The molecule has 108 valence electrons. The lowest BCUT2D eigenvalue weighted by Crippen LogP contribution is -2.47. The third-order valence-electron chi connectivity index (χ3n) is 3.97. The monoisotopic (exact) mass is 288 g/mol. The Morgan fingerprint density at radius 3 is 1.17 bits per heavy atom. The lowest BCUT2D eigenvalue weighted by Gasteiger charge is -2.30. The molecule has 0 nitrogen and oxygen atoms in total. The van der Waals surface area contributed by atoms with Crippen LogP contribution in [-0.4, -0.2) is 18.5 Å². The smallest absolute Gasteiger partial charge is 0.170 e. The van der Waals surface area contributed by atoms with Gasteiger partial charge in [0.25, 0.3) is 0 Å².